The summed E-state index contributed by atoms with van der Waals surface area (Å²) in [6, 6.07) is 10.9. The van der Waals surface area contributed by atoms with E-state index in [0.717, 1.165) is 4.57 Å². The van der Waals surface area contributed by atoms with Crippen LogP contribution in [0.2, 0.25) is 5.02 Å². The van der Waals surface area contributed by atoms with Gasteiger partial charge in [-0.25, -0.2) is 9.59 Å². The number of aromatic nitrogens is 2. The average Bonchev–Trinajstić information content (AvgIpc) is 3.58. The largest absolute Gasteiger partial charge is 0.457 e. The van der Waals surface area contributed by atoms with Crippen LogP contribution in [0.5, 0.6) is 0 Å². The van der Waals surface area contributed by atoms with Crippen molar-refractivity contribution in [1.29, 1.82) is 0 Å². The van der Waals surface area contributed by atoms with Crippen LogP contribution in [0.4, 0.5) is 0 Å². The fraction of sp³-hybridized carbons (Fsp3) is 0.406. The van der Waals surface area contributed by atoms with E-state index in [9.17, 15) is 24.0 Å². The van der Waals surface area contributed by atoms with Crippen molar-refractivity contribution >= 4 is 29.4 Å². The molecule has 2 fully saturated rings. The van der Waals surface area contributed by atoms with Gasteiger partial charge in [-0.2, -0.15) is 0 Å². The van der Waals surface area contributed by atoms with E-state index in [2.05, 4.69) is 5.32 Å². The number of rotatable bonds is 8. The number of esters is 2. The molecular formula is C32H34ClN3O9. The molecule has 5 atom stereocenters. The Balaban J connectivity index is 1.39. The number of nitrogens with one attached hydrogen (secondary N) is 1. The molecule has 1 unspecified atom stereocenters. The molecule has 3 heterocycles. The van der Waals surface area contributed by atoms with Crippen LogP contribution in [0.3, 0.4) is 0 Å². The second-order valence-electron chi connectivity index (χ2n) is 11.2. The summed E-state index contributed by atoms with van der Waals surface area (Å²) in [4.78, 5) is 63.7. The summed E-state index contributed by atoms with van der Waals surface area (Å²) in [6.45, 7) is 4.88. The molecule has 0 spiro atoms. The number of hydrogen-bond donors (Lipinski definition) is 1. The first-order chi connectivity index (χ1) is 21.4. The Morgan fingerprint density at radius 2 is 1.58 bits per heavy atom. The van der Waals surface area contributed by atoms with E-state index in [1.54, 1.807) is 63.4 Å². The molecule has 0 saturated carbocycles. The van der Waals surface area contributed by atoms with Gasteiger partial charge in [0.15, 0.2) is 12.2 Å². The van der Waals surface area contributed by atoms with Gasteiger partial charge in [-0.1, -0.05) is 48.0 Å². The molecular weight excluding hydrogens is 606 g/mol. The molecule has 2 aliphatic heterocycles. The van der Waals surface area contributed by atoms with E-state index in [-0.39, 0.29) is 30.2 Å². The molecule has 2 saturated heterocycles. The number of amides is 1. The van der Waals surface area contributed by atoms with E-state index >= 15 is 0 Å². The van der Waals surface area contributed by atoms with E-state index in [4.69, 9.17) is 30.5 Å². The van der Waals surface area contributed by atoms with Crippen molar-refractivity contribution in [2.24, 2.45) is 14.1 Å². The average molecular weight is 640 g/mol. The van der Waals surface area contributed by atoms with Crippen LogP contribution in [0, 0.1) is 13.8 Å². The Labute approximate surface area is 263 Å². The van der Waals surface area contributed by atoms with Gasteiger partial charge in [0.25, 0.3) is 11.5 Å². The first kappa shape index (κ1) is 32.1. The summed E-state index contributed by atoms with van der Waals surface area (Å²) >= 11 is 6.33. The SMILES string of the molecule is CC(=O)O[C@H]1CO[C@H]2[C@@H]1OC[C@@H]2OC(=O)C(Cc1ccc(-c2c(C)n(C)c(=O)n(C)c2=O)cc1)NC(=O)c1c(C)cccc1Cl. The number of benzene rings is 2. The lowest BCUT2D eigenvalue weighted by molar-refractivity contribution is -0.156. The quantitative estimate of drug-likeness (QED) is 0.366. The van der Waals surface area contributed by atoms with Crippen LogP contribution in [0.1, 0.15) is 34.1 Å². The van der Waals surface area contributed by atoms with Gasteiger partial charge in [-0.15, -0.1) is 0 Å². The number of hydrogen-bond acceptors (Lipinski definition) is 9. The fourth-order valence-corrected chi connectivity index (χ4v) is 6.05. The highest BCUT2D eigenvalue weighted by molar-refractivity contribution is 6.34. The Bertz CT molecular complexity index is 1740. The van der Waals surface area contributed by atoms with Crippen LogP contribution < -0.4 is 16.6 Å². The lowest BCUT2D eigenvalue weighted by Gasteiger charge is -2.23. The molecule has 0 aliphatic carbocycles. The summed E-state index contributed by atoms with van der Waals surface area (Å²) in [5.41, 5.74) is 2.18. The van der Waals surface area contributed by atoms with Crippen LogP contribution >= 0.6 is 11.6 Å². The number of aryl methyl sites for hydroxylation is 1. The number of carbonyl (C=O) groups is 3. The van der Waals surface area contributed by atoms with Crippen molar-refractivity contribution in [2.75, 3.05) is 13.2 Å². The minimum atomic E-state index is -1.13. The molecule has 238 valence electrons. The van der Waals surface area contributed by atoms with Gasteiger partial charge >= 0.3 is 17.6 Å². The number of carbonyl (C=O) groups excluding carboxylic acids is 3. The second-order valence-corrected chi connectivity index (χ2v) is 11.7. The predicted molar refractivity (Wildman–Crippen MR) is 163 cm³/mol. The predicted octanol–water partition coefficient (Wildman–Crippen LogP) is 2.00. The molecule has 45 heavy (non-hydrogen) atoms. The third-order valence-electron chi connectivity index (χ3n) is 8.23. The summed E-state index contributed by atoms with van der Waals surface area (Å²) in [5.74, 6) is -1.73. The van der Waals surface area contributed by atoms with Gasteiger partial charge in [0.05, 0.1) is 29.4 Å². The Kier molecular flexibility index (Phi) is 9.28. The number of ether oxygens (including phenoxy) is 4. The van der Waals surface area contributed by atoms with Crippen LogP contribution in [0.25, 0.3) is 11.1 Å². The monoisotopic (exact) mass is 639 g/mol. The van der Waals surface area contributed by atoms with Gasteiger partial charge in [-0.05, 0) is 36.6 Å². The first-order valence-electron chi connectivity index (χ1n) is 14.4. The highest BCUT2D eigenvalue weighted by Crippen LogP contribution is 2.31. The third-order valence-corrected chi connectivity index (χ3v) is 8.54. The molecule has 0 bridgehead atoms. The lowest BCUT2D eigenvalue weighted by atomic mass is 9.99. The lowest BCUT2D eigenvalue weighted by Crippen LogP contribution is -2.46. The normalized spacial score (nSPS) is 21.2. The van der Waals surface area contributed by atoms with Crippen molar-refractivity contribution < 1.29 is 33.3 Å². The first-order valence-corrected chi connectivity index (χ1v) is 14.8. The zero-order valence-corrected chi connectivity index (χ0v) is 26.3. The zero-order valence-electron chi connectivity index (χ0n) is 25.5. The molecule has 2 aromatic carbocycles. The number of fused-ring (bicyclic) bond motifs is 1. The molecule has 5 rings (SSSR count). The third kappa shape index (κ3) is 6.44. The molecule has 13 heteroatoms. The van der Waals surface area contributed by atoms with Crippen LogP contribution in [0.15, 0.2) is 52.1 Å². The maximum atomic E-state index is 13.6. The number of nitrogens with zero attached hydrogens (tertiary/aromatic N) is 2. The smallest absolute Gasteiger partial charge is 0.330 e. The topological polar surface area (TPSA) is 144 Å². The van der Waals surface area contributed by atoms with Gasteiger partial charge in [0.1, 0.15) is 18.2 Å². The van der Waals surface area contributed by atoms with Gasteiger partial charge in [-0.3, -0.25) is 19.0 Å². The maximum Gasteiger partial charge on any atom is 0.330 e. The van der Waals surface area contributed by atoms with Crippen molar-refractivity contribution in [2.45, 2.75) is 57.6 Å². The minimum absolute atomic E-state index is 0.0334. The summed E-state index contributed by atoms with van der Waals surface area (Å²) in [6.07, 6.45) is -2.55. The van der Waals surface area contributed by atoms with E-state index in [1.807, 2.05) is 0 Å². The standard InChI is InChI=1S/C32H34ClN3O9/c1-16-7-6-8-21(33)25(16)29(38)34-22(31(40)45-24-15-43-27-23(44-18(3)37)14-42-28(24)27)13-19-9-11-20(12-10-19)26-17(2)35(4)32(41)36(5)30(26)39/h6-12,22-24,27-28H,13-15H2,1-5H3,(H,34,38)/t22?,23-,24-,27+,28+/m0/s1. The molecule has 1 N–H and O–H groups in total. The van der Waals surface area contributed by atoms with Crippen molar-refractivity contribution in [1.82, 2.24) is 14.5 Å². The van der Waals surface area contributed by atoms with E-state index < -0.39 is 59.6 Å². The second kappa shape index (κ2) is 13.0. The molecule has 2 aliphatic rings. The number of halogens is 1. The molecule has 0 radical (unpaired) electrons. The fourth-order valence-electron chi connectivity index (χ4n) is 5.74. The van der Waals surface area contributed by atoms with E-state index in [0.29, 0.717) is 27.9 Å². The highest BCUT2D eigenvalue weighted by Gasteiger charge is 2.51. The Morgan fingerprint density at radius 1 is 0.956 bits per heavy atom. The van der Waals surface area contributed by atoms with Crippen molar-refractivity contribution in [3.8, 4) is 11.1 Å². The van der Waals surface area contributed by atoms with Crippen LogP contribution in [-0.4, -0.2) is 70.7 Å². The molecule has 1 aromatic heterocycles. The zero-order chi connectivity index (χ0) is 32.6. The maximum absolute atomic E-state index is 13.6. The molecule has 1 amide bonds. The Hall–Kier alpha value is -4.26. The van der Waals surface area contributed by atoms with Crippen LogP contribution in [-0.2, 0) is 49.1 Å². The summed E-state index contributed by atoms with van der Waals surface area (Å²) < 4.78 is 25.0. The molecule has 12 nitrogen and oxygen atoms in total. The van der Waals surface area contributed by atoms with Gasteiger partial charge in [0, 0.05) is 33.1 Å². The molecule has 3 aromatic rings. The Morgan fingerprint density at radius 3 is 2.18 bits per heavy atom. The van der Waals surface area contributed by atoms with Gasteiger partial charge in [0.2, 0.25) is 0 Å². The van der Waals surface area contributed by atoms with E-state index in [1.165, 1.54) is 18.5 Å². The highest BCUT2D eigenvalue weighted by atomic mass is 35.5. The minimum Gasteiger partial charge on any atom is -0.457 e. The summed E-state index contributed by atoms with van der Waals surface area (Å²) in [7, 11) is 3.02. The van der Waals surface area contributed by atoms with Gasteiger partial charge < -0.3 is 28.8 Å². The van der Waals surface area contributed by atoms with Crippen molar-refractivity contribution in [3.63, 3.8) is 0 Å². The summed E-state index contributed by atoms with van der Waals surface area (Å²) in [5, 5.41) is 3.01. The van der Waals surface area contributed by atoms with Crippen molar-refractivity contribution in [3.05, 3.63) is 90.7 Å².